The summed E-state index contributed by atoms with van der Waals surface area (Å²) in [6.45, 7) is 4.05. The first-order valence-electron chi connectivity index (χ1n) is 7.51. The van der Waals surface area contributed by atoms with Crippen LogP contribution in [0.3, 0.4) is 0 Å². The molecule has 0 aromatic heterocycles. The molecule has 2 rings (SSSR count). The molecule has 2 amide bonds. The lowest BCUT2D eigenvalue weighted by Gasteiger charge is -2.33. The molecule has 1 aliphatic carbocycles. The number of carbonyl (C=O) groups is 2. The zero-order valence-electron chi connectivity index (χ0n) is 12.0. The van der Waals surface area contributed by atoms with Gasteiger partial charge in [0, 0.05) is 25.7 Å². The van der Waals surface area contributed by atoms with Crippen LogP contribution in [-0.4, -0.2) is 53.8 Å². The third-order valence-corrected chi connectivity index (χ3v) is 4.27. The van der Waals surface area contributed by atoms with Crippen molar-refractivity contribution in [3.63, 3.8) is 0 Å². The van der Waals surface area contributed by atoms with E-state index in [4.69, 9.17) is 9.84 Å². The number of carboxylic acid groups (broad SMARTS) is 1. The molecule has 2 N–H and O–H groups in total. The lowest BCUT2D eigenvalue weighted by molar-refractivity contribution is -0.142. The maximum Gasteiger partial charge on any atom is 0.317 e. The normalized spacial score (nSPS) is 27.6. The van der Waals surface area contributed by atoms with Crippen LogP contribution >= 0.6 is 0 Å². The second kappa shape index (κ2) is 6.92. The van der Waals surface area contributed by atoms with Crippen LogP contribution in [0.5, 0.6) is 0 Å². The van der Waals surface area contributed by atoms with Gasteiger partial charge in [-0.25, -0.2) is 4.79 Å². The SMILES string of the molecule is CCOC1CCN(C(=O)NC2CCCC2C(=O)O)CC1. The molecule has 1 heterocycles. The number of carboxylic acids is 1. The fraction of sp³-hybridized carbons (Fsp3) is 0.857. The van der Waals surface area contributed by atoms with Gasteiger partial charge in [-0.05, 0) is 32.6 Å². The van der Waals surface area contributed by atoms with Gasteiger partial charge in [0.2, 0.25) is 0 Å². The molecule has 1 aliphatic heterocycles. The Hall–Kier alpha value is -1.30. The molecular weight excluding hydrogens is 260 g/mol. The summed E-state index contributed by atoms with van der Waals surface area (Å²) in [5, 5.41) is 12.0. The summed E-state index contributed by atoms with van der Waals surface area (Å²) < 4.78 is 5.56. The number of hydrogen-bond acceptors (Lipinski definition) is 3. The number of likely N-dealkylation sites (tertiary alicyclic amines) is 1. The van der Waals surface area contributed by atoms with Gasteiger partial charge >= 0.3 is 12.0 Å². The van der Waals surface area contributed by atoms with Crippen molar-refractivity contribution >= 4 is 12.0 Å². The quantitative estimate of drug-likeness (QED) is 0.819. The Kier molecular flexibility index (Phi) is 5.23. The van der Waals surface area contributed by atoms with Crippen LogP contribution in [0.15, 0.2) is 0 Å². The first kappa shape index (κ1) is 15.1. The Morgan fingerprint density at radius 1 is 1.25 bits per heavy atom. The third-order valence-electron chi connectivity index (χ3n) is 4.27. The summed E-state index contributed by atoms with van der Waals surface area (Å²) in [4.78, 5) is 25.0. The van der Waals surface area contributed by atoms with E-state index >= 15 is 0 Å². The largest absolute Gasteiger partial charge is 0.481 e. The Morgan fingerprint density at radius 2 is 1.95 bits per heavy atom. The number of hydrogen-bond donors (Lipinski definition) is 2. The number of urea groups is 1. The van der Waals surface area contributed by atoms with Gasteiger partial charge in [-0.15, -0.1) is 0 Å². The van der Waals surface area contributed by atoms with E-state index in [1.807, 2.05) is 6.92 Å². The number of amides is 2. The van der Waals surface area contributed by atoms with Gasteiger partial charge in [-0.1, -0.05) is 6.42 Å². The molecule has 1 saturated heterocycles. The van der Waals surface area contributed by atoms with E-state index < -0.39 is 11.9 Å². The van der Waals surface area contributed by atoms with Gasteiger partial charge in [-0.2, -0.15) is 0 Å². The highest BCUT2D eigenvalue weighted by molar-refractivity contribution is 5.77. The van der Waals surface area contributed by atoms with Crippen LogP contribution in [0.25, 0.3) is 0 Å². The van der Waals surface area contributed by atoms with E-state index in [0.717, 1.165) is 25.7 Å². The number of rotatable bonds is 4. The maximum absolute atomic E-state index is 12.2. The summed E-state index contributed by atoms with van der Waals surface area (Å²) in [6.07, 6.45) is 4.25. The van der Waals surface area contributed by atoms with Gasteiger partial charge in [-0.3, -0.25) is 4.79 Å². The zero-order valence-corrected chi connectivity index (χ0v) is 12.0. The molecule has 2 atom stereocenters. The first-order chi connectivity index (χ1) is 9.61. The number of carbonyl (C=O) groups excluding carboxylic acids is 1. The van der Waals surface area contributed by atoms with Crippen molar-refractivity contribution in [1.82, 2.24) is 10.2 Å². The monoisotopic (exact) mass is 284 g/mol. The minimum atomic E-state index is -0.803. The molecule has 114 valence electrons. The minimum absolute atomic E-state index is 0.127. The summed E-state index contributed by atoms with van der Waals surface area (Å²) in [7, 11) is 0. The van der Waals surface area contributed by atoms with Crippen LogP contribution in [0.2, 0.25) is 0 Å². The van der Waals surface area contributed by atoms with Crippen LogP contribution in [-0.2, 0) is 9.53 Å². The minimum Gasteiger partial charge on any atom is -0.481 e. The molecular formula is C14H24N2O4. The van der Waals surface area contributed by atoms with Gasteiger partial charge in [0.1, 0.15) is 0 Å². The standard InChI is InChI=1S/C14H24N2O4/c1-2-20-10-6-8-16(9-7-10)14(19)15-12-5-3-4-11(12)13(17)18/h10-12H,2-9H2,1H3,(H,15,19)(H,17,18). The predicted molar refractivity (Wildman–Crippen MR) is 73.5 cm³/mol. The molecule has 0 aromatic carbocycles. The van der Waals surface area contributed by atoms with Gasteiger partial charge in [0.05, 0.1) is 12.0 Å². The van der Waals surface area contributed by atoms with Crippen LogP contribution in [0.1, 0.15) is 39.0 Å². The number of piperidine rings is 1. The average Bonchev–Trinajstić information content (AvgIpc) is 2.88. The molecule has 0 aromatic rings. The van der Waals surface area contributed by atoms with Crippen LogP contribution < -0.4 is 5.32 Å². The van der Waals surface area contributed by atoms with E-state index in [-0.39, 0.29) is 18.2 Å². The first-order valence-corrected chi connectivity index (χ1v) is 7.51. The fourth-order valence-corrected chi connectivity index (χ4v) is 3.14. The average molecular weight is 284 g/mol. The molecule has 0 bridgehead atoms. The second-order valence-electron chi connectivity index (χ2n) is 5.57. The highest BCUT2D eigenvalue weighted by atomic mass is 16.5. The van der Waals surface area contributed by atoms with Crippen molar-refractivity contribution in [2.75, 3.05) is 19.7 Å². The predicted octanol–water partition coefficient (Wildman–Crippen LogP) is 1.45. The lowest BCUT2D eigenvalue weighted by Crippen LogP contribution is -2.50. The molecule has 2 fully saturated rings. The summed E-state index contributed by atoms with van der Waals surface area (Å²) in [5.74, 6) is -1.23. The van der Waals surface area contributed by atoms with Crippen molar-refractivity contribution in [2.24, 2.45) is 5.92 Å². The van der Waals surface area contributed by atoms with Crippen molar-refractivity contribution < 1.29 is 19.4 Å². The highest BCUT2D eigenvalue weighted by Gasteiger charge is 2.35. The number of ether oxygens (including phenoxy) is 1. The Morgan fingerprint density at radius 3 is 2.55 bits per heavy atom. The second-order valence-corrected chi connectivity index (χ2v) is 5.57. The molecule has 20 heavy (non-hydrogen) atoms. The zero-order chi connectivity index (χ0) is 14.5. The number of nitrogens with zero attached hydrogens (tertiary/aromatic N) is 1. The molecule has 0 radical (unpaired) electrons. The smallest absolute Gasteiger partial charge is 0.317 e. The Bertz CT molecular complexity index is 353. The third kappa shape index (κ3) is 3.62. The number of nitrogens with one attached hydrogen (secondary N) is 1. The summed E-state index contributed by atoms with van der Waals surface area (Å²) in [5.41, 5.74) is 0. The summed E-state index contributed by atoms with van der Waals surface area (Å²) in [6, 6.07) is -0.345. The molecule has 2 aliphatic rings. The van der Waals surface area contributed by atoms with E-state index in [2.05, 4.69) is 5.32 Å². The van der Waals surface area contributed by atoms with Crippen LogP contribution in [0, 0.1) is 5.92 Å². The van der Waals surface area contributed by atoms with E-state index in [9.17, 15) is 9.59 Å². The fourth-order valence-electron chi connectivity index (χ4n) is 3.14. The van der Waals surface area contributed by atoms with Crippen molar-refractivity contribution in [3.8, 4) is 0 Å². The molecule has 6 nitrogen and oxygen atoms in total. The van der Waals surface area contributed by atoms with Gasteiger partial charge in [0.15, 0.2) is 0 Å². The molecule has 1 saturated carbocycles. The molecule has 0 spiro atoms. The van der Waals surface area contributed by atoms with Gasteiger partial charge < -0.3 is 20.1 Å². The van der Waals surface area contributed by atoms with Crippen LogP contribution in [0.4, 0.5) is 4.79 Å². The van der Waals surface area contributed by atoms with E-state index in [1.54, 1.807) is 4.90 Å². The van der Waals surface area contributed by atoms with Crippen molar-refractivity contribution in [3.05, 3.63) is 0 Å². The topological polar surface area (TPSA) is 78.9 Å². The molecule has 2 unspecified atom stereocenters. The number of aliphatic carboxylic acids is 1. The Balaban J connectivity index is 1.79. The molecule has 6 heteroatoms. The van der Waals surface area contributed by atoms with E-state index in [0.29, 0.717) is 26.1 Å². The Labute approximate surface area is 119 Å². The van der Waals surface area contributed by atoms with Crippen molar-refractivity contribution in [1.29, 1.82) is 0 Å². The van der Waals surface area contributed by atoms with Gasteiger partial charge in [0.25, 0.3) is 0 Å². The summed E-state index contributed by atoms with van der Waals surface area (Å²) >= 11 is 0. The maximum atomic E-state index is 12.2. The van der Waals surface area contributed by atoms with E-state index in [1.165, 1.54) is 0 Å². The highest BCUT2D eigenvalue weighted by Crippen LogP contribution is 2.26. The lowest BCUT2D eigenvalue weighted by atomic mass is 10.0. The van der Waals surface area contributed by atoms with Crippen molar-refractivity contribution in [2.45, 2.75) is 51.2 Å².